The Bertz CT molecular complexity index is 668. The minimum Gasteiger partial charge on any atom is -0.444 e. The highest BCUT2D eigenvalue weighted by molar-refractivity contribution is 7.14. The van der Waals surface area contributed by atoms with Crippen molar-refractivity contribution in [2.24, 2.45) is 0 Å². The average Bonchev–Trinajstić information content (AvgIpc) is 3.09. The van der Waals surface area contributed by atoms with Gasteiger partial charge in [0.25, 0.3) is 0 Å². The van der Waals surface area contributed by atoms with Crippen molar-refractivity contribution in [1.82, 2.24) is 10.6 Å². The molecule has 3 rings (SSSR count). The molecule has 2 N–H and O–H groups in total. The third-order valence-corrected chi connectivity index (χ3v) is 5.74. The van der Waals surface area contributed by atoms with Crippen molar-refractivity contribution < 1.29 is 9.53 Å². The molecule has 0 bridgehead atoms. The lowest BCUT2D eigenvalue weighted by Gasteiger charge is -2.36. The van der Waals surface area contributed by atoms with Crippen LogP contribution in [0.15, 0.2) is 29.0 Å². The number of carbonyl (C=O) groups is 1. The van der Waals surface area contributed by atoms with Crippen LogP contribution in [0.3, 0.4) is 0 Å². The summed E-state index contributed by atoms with van der Waals surface area (Å²) in [5.74, 6) is 0. The van der Waals surface area contributed by atoms with Crippen LogP contribution in [-0.2, 0) is 11.3 Å². The Hall–Kier alpha value is -1.37. The van der Waals surface area contributed by atoms with E-state index < -0.39 is 5.60 Å². The average molecular weight is 365 g/mol. The van der Waals surface area contributed by atoms with E-state index in [-0.39, 0.29) is 12.1 Å². The summed E-state index contributed by atoms with van der Waals surface area (Å²) in [6.07, 6.45) is 1.61. The molecule has 6 heteroatoms. The summed E-state index contributed by atoms with van der Waals surface area (Å²) in [5, 5.41) is 10.8. The molecule has 2 heterocycles. The van der Waals surface area contributed by atoms with Crippen molar-refractivity contribution in [2.75, 3.05) is 0 Å². The number of ether oxygens (including phenoxy) is 1. The molecule has 1 fully saturated rings. The number of alkyl carbamates (subject to hydrolysis) is 1. The Balaban J connectivity index is 1.37. The van der Waals surface area contributed by atoms with Gasteiger partial charge in [0.15, 0.2) is 0 Å². The molecule has 1 aliphatic carbocycles. The number of amides is 1. The van der Waals surface area contributed by atoms with Crippen LogP contribution in [0.1, 0.15) is 38.5 Å². The zero-order valence-electron chi connectivity index (χ0n) is 14.3. The number of thiophene rings is 2. The highest BCUT2D eigenvalue weighted by Gasteiger charge is 2.31. The van der Waals surface area contributed by atoms with Gasteiger partial charge in [-0.3, -0.25) is 0 Å². The Labute approximate surface area is 151 Å². The van der Waals surface area contributed by atoms with E-state index in [0.717, 1.165) is 19.4 Å². The molecule has 4 nitrogen and oxygen atoms in total. The maximum Gasteiger partial charge on any atom is 0.407 e. The second kappa shape index (κ2) is 7.25. The van der Waals surface area contributed by atoms with E-state index in [1.807, 2.05) is 20.8 Å². The quantitative estimate of drug-likeness (QED) is 0.814. The Morgan fingerprint density at radius 2 is 2.08 bits per heavy atom. The molecule has 1 amide bonds. The van der Waals surface area contributed by atoms with E-state index in [1.165, 1.54) is 15.3 Å². The molecule has 2 aromatic heterocycles. The summed E-state index contributed by atoms with van der Waals surface area (Å²) in [5.41, 5.74) is 0.871. The van der Waals surface area contributed by atoms with Crippen LogP contribution < -0.4 is 10.6 Å². The summed E-state index contributed by atoms with van der Waals surface area (Å²) in [7, 11) is 0. The van der Waals surface area contributed by atoms with Gasteiger partial charge in [0.05, 0.1) is 0 Å². The van der Waals surface area contributed by atoms with Gasteiger partial charge in [-0.25, -0.2) is 4.79 Å². The molecule has 0 spiro atoms. The molecule has 0 saturated heterocycles. The molecule has 0 atom stereocenters. The van der Waals surface area contributed by atoms with Crippen molar-refractivity contribution in [3.8, 4) is 10.4 Å². The second-order valence-electron chi connectivity index (χ2n) is 7.17. The minimum absolute atomic E-state index is 0.224. The van der Waals surface area contributed by atoms with E-state index >= 15 is 0 Å². The van der Waals surface area contributed by atoms with Crippen LogP contribution in [-0.4, -0.2) is 23.8 Å². The second-order valence-corrected chi connectivity index (χ2v) is 9.11. The van der Waals surface area contributed by atoms with Gasteiger partial charge in [-0.15, -0.1) is 22.7 Å². The van der Waals surface area contributed by atoms with Gasteiger partial charge in [0, 0.05) is 33.9 Å². The minimum atomic E-state index is -0.440. The van der Waals surface area contributed by atoms with Crippen molar-refractivity contribution in [2.45, 2.75) is 57.8 Å². The molecule has 130 valence electrons. The first kappa shape index (κ1) is 17.5. The first-order chi connectivity index (χ1) is 11.4. The van der Waals surface area contributed by atoms with Crippen LogP contribution >= 0.6 is 22.7 Å². The summed E-state index contributed by atoms with van der Waals surface area (Å²) in [4.78, 5) is 14.4. The monoisotopic (exact) mass is 364 g/mol. The Morgan fingerprint density at radius 3 is 2.75 bits per heavy atom. The lowest BCUT2D eigenvalue weighted by molar-refractivity contribution is 0.0465. The molecule has 0 unspecified atom stereocenters. The van der Waals surface area contributed by atoms with Crippen LogP contribution in [0.2, 0.25) is 0 Å². The number of nitrogens with one attached hydrogen (secondary N) is 2. The summed E-state index contributed by atoms with van der Waals surface area (Å²) < 4.78 is 5.28. The number of carbonyl (C=O) groups excluding carboxylic acids is 1. The van der Waals surface area contributed by atoms with Crippen LogP contribution in [0.25, 0.3) is 10.4 Å². The number of hydrogen-bond donors (Lipinski definition) is 2. The Morgan fingerprint density at radius 1 is 1.29 bits per heavy atom. The van der Waals surface area contributed by atoms with E-state index in [9.17, 15) is 4.79 Å². The SMILES string of the molecule is CC(C)(C)OC(=O)NC1CC(NCc2cc(-c3cccs3)cs2)C1. The van der Waals surface area contributed by atoms with Crippen molar-refractivity contribution in [3.05, 3.63) is 33.8 Å². The first-order valence-corrected chi connectivity index (χ1v) is 9.99. The van der Waals surface area contributed by atoms with E-state index in [0.29, 0.717) is 6.04 Å². The fraction of sp³-hybridized carbons (Fsp3) is 0.500. The van der Waals surface area contributed by atoms with Crippen molar-refractivity contribution in [3.63, 3.8) is 0 Å². The van der Waals surface area contributed by atoms with Gasteiger partial charge in [0.2, 0.25) is 0 Å². The van der Waals surface area contributed by atoms with Gasteiger partial charge >= 0.3 is 6.09 Å². The summed E-state index contributed by atoms with van der Waals surface area (Å²) in [6, 6.07) is 7.20. The lowest BCUT2D eigenvalue weighted by atomic mass is 9.87. The molecule has 0 aromatic carbocycles. The molecule has 1 aliphatic rings. The predicted molar refractivity (Wildman–Crippen MR) is 101 cm³/mol. The van der Waals surface area contributed by atoms with Crippen LogP contribution in [0.4, 0.5) is 4.79 Å². The van der Waals surface area contributed by atoms with Gasteiger partial charge in [-0.2, -0.15) is 0 Å². The van der Waals surface area contributed by atoms with Gasteiger partial charge < -0.3 is 15.4 Å². The topological polar surface area (TPSA) is 50.4 Å². The predicted octanol–water partition coefficient (Wildman–Crippen LogP) is 4.62. The fourth-order valence-electron chi connectivity index (χ4n) is 2.67. The molecule has 24 heavy (non-hydrogen) atoms. The Kier molecular flexibility index (Phi) is 5.27. The number of hydrogen-bond acceptors (Lipinski definition) is 5. The molecular weight excluding hydrogens is 340 g/mol. The standard InChI is InChI=1S/C18H24N2O2S2/c1-18(2,3)22-17(21)20-14-8-13(9-14)19-10-15-7-12(11-24-15)16-5-4-6-23-16/h4-7,11,13-14,19H,8-10H2,1-3H3,(H,20,21). The summed E-state index contributed by atoms with van der Waals surface area (Å²) >= 11 is 3.57. The van der Waals surface area contributed by atoms with Gasteiger partial charge in [-0.05, 0) is 56.5 Å². The normalized spacial score (nSPS) is 20.5. The molecule has 0 radical (unpaired) electrons. The molecular formula is C18H24N2O2S2. The van der Waals surface area contributed by atoms with Crippen molar-refractivity contribution >= 4 is 28.8 Å². The maximum absolute atomic E-state index is 11.7. The van der Waals surface area contributed by atoms with Crippen LogP contribution in [0, 0.1) is 0 Å². The zero-order valence-corrected chi connectivity index (χ0v) is 15.9. The highest BCUT2D eigenvalue weighted by atomic mass is 32.1. The summed E-state index contributed by atoms with van der Waals surface area (Å²) in [6.45, 7) is 6.52. The van der Waals surface area contributed by atoms with E-state index in [2.05, 4.69) is 39.6 Å². The third-order valence-electron chi connectivity index (χ3n) is 3.88. The third kappa shape index (κ3) is 4.82. The molecule has 2 aromatic rings. The largest absolute Gasteiger partial charge is 0.444 e. The van der Waals surface area contributed by atoms with E-state index in [4.69, 9.17) is 4.74 Å². The van der Waals surface area contributed by atoms with Crippen molar-refractivity contribution in [1.29, 1.82) is 0 Å². The zero-order chi connectivity index (χ0) is 17.2. The smallest absolute Gasteiger partial charge is 0.407 e. The maximum atomic E-state index is 11.7. The highest BCUT2D eigenvalue weighted by Crippen LogP contribution is 2.29. The van der Waals surface area contributed by atoms with Gasteiger partial charge in [0.1, 0.15) is 5.60 Å². The fourth-order valence-corrected chi connectivity index (χ4v) is 4.29. The molecule has 1 saturated carbocycles. The number of rotatable bonds is 5. The van der Waals surface area contributed by atoms with E-state index in [1.54, 1.807) is 22.7 Å². The first-order valence-electron chi connectivity index (χ1n) is 8.23. The van der Waals surface area contributed by atoms with Crippen LogP contribution in [0.5, 0.6) is 0 Å². The lowest BCUT2D eigenvalue weighted by Crippen LogP contribution is -2.52. The van der Waals surface area contributed by atoms with Gasteiger partial charge in [-0.1, -0.05) is 6.07 Å². The molecule has 0 aliphatic heterocycles.